The molecule has 18 heavy (non-hydrogen) atoms. The summed E-state index contributed by atoms with van der Waals surface area (Å²) in [6, 6.07) is 4.22. The third kappa shape index (κ3) is 2.71. The molecule has 0 saturated carbocycles. The van der Waals surface area contributed by atoms with Crippen LogP contribution in [0.2, 0.25) is 0 Å². The van der Waals surface area contributed by atoms with Gasteiger partial charge in [-0.1, -0.05) is 19.9 Å². The van der Waals surface area contributed by atoms with E-state index in [1.807, 2.05) is 12.3 Å². The van der Waals surface area contributed by atoms with E-state index in [1.54, 1.807) is 6.20 Å². The molecule has 2 unspecified atom stereocenters. The molecule has 0 radical (unpaired) electrons. The van der Waals surface area contributed by atoms with Crippen LogP contribution in [0.4, 0.5) is 0 Å². The highest BCUT2D eigenvalue weighted by atomic mass is 16.3. The molecule has 0 amide bonds. The minimum atomic E-state index is -0.221. The first-order valence-corrected chi connectivity index (χ1v) is 6.56. The monoisotopic (exact) mass is 249 g/mol. The van der Waals surface area contributed by atoms with Crippen LogP contribution in [0.25, 0.3) is 0 Å². The van der Waals surface area contributed by atoms with E-state index in [0.29, 0.717) is 6.54 Å². The van der Waals surface area contributed by atoms with Gasteiger partial charge in [0, 0.05) is 43.5 Å². The van der Waals surface area contributed by atoms with Crippen LogP contribution in [0.1, 0.15) is 31.9 Å². The Morgan fingerprint density at radius 3 is 2.94 bits per heavy atom. The number of hydrogen-bond acceptors (Lipinski definition) is 4. The summed E-state index contributed by atoms with van der Waals surface area (Å²) in [6.45, 7) is 6.56. The van der Waals surface area contributed by atoms with E-state index in [4.69, 9.17) is 5.73 Å². The average Bonchev–Trinajstić information content (AvgIpc) is 2.36. The molecule has 4 nitrogen and oxygen atoms in total. The zero-order valence-corrected chi connectivity index (χ0v) is 11.2. The third-order valence-corrected chi connectivity index (χ3v) is 3.94. The summed E-state index contributed by atoms with van der Waals surface area (Å²) >= 11 is 0. The number of likely N-dealkylation sites (tertiary alicyclic amines) is 1. The van der Waals surface area contributed by atoms with Gasteiger partial charge in [0.2, 0.25) is 0 Å². The normalized spacial score (nSPS) is 25.9. The predicted octanol–water partition coefficient (Wildman–Crippen LogP) is 1.17. The van der Waals surface area contributed by atoms with Crippen molar-refractivity contribution >= 4 is 0 Å². The lowest BCUT2D eigenvalue weighted by atomic mass is 9.80. The maximum absolute atomic E-state index is 10.0. The molecule has 1 aromatic heterocycles. The number of nitrogens with zero attached hydrogens (tertiary/aromatic N) is 2. The summed E-state index contributed by atoms with van der Waals surface area (Å²) in [5.74, 6) is 0. The molecule has 1 saturated heterocycles. The van der Waals surface area contributed by atoms with Crippen LogP contribution in [-0.4, -0.2) is 40.7 Å². The summed E-state index contributed by atoms with van der Waals surface area (Å²) in [5, 5.41) is 10.0. The maximum atomic E-state index is 10.0. The Hall–Kier alpha value is -0.970. The molecule has 0 bridgehead atoms. The van der Waals surface area contributed by atoms with Gasteiger partial charge in [0.05, 0.1) is 6.10 Å². The van der Waals surface area contributed by atoms with Crippen molar-refractivity contribution in [3.8, 4) is 0 Å². The largest absolute Gasteiger partial charge is 0.392 e. The van der Waals surface area contributed by atoms with Crippen molar-refractivity contribution in [2.75, 3.05) is 19.6 Å². The Kier molecular flexibility index (Phi) is 4.00. The minimum absolute atomic E-state index is 0.0755. The molecule has 1 fully saturated rings. The first-order valence-electron chi connectivity index (χ1n) is 6.56. The molecule has 1 aliphatic rings. The van der Waals surface area contributed by atoms with Crippen LogP contribution < -0.4 is 5.73 Å². The Morgan fingerprint density at radius 2 is 2.39 bits per heavy atom. The van der Waals surface area contributed by atoms with E-state index in [0.717, 1.165) is 25.1 Å². The third-order valence-electron chi connectivity index (χ3n) is 3.94. The Bertz CT molecular complexity index is 380. The summed E-state index contributed by atoms with van der Waals surface area (Å²) in [6.07, 6.45) is 4.25. The highest BCUT2D eigenvalue weighted by molar-refractivity contribution is 5.15. The highest BCUT2D eigenvalue weighted by Crippen LogP contribution is 2.33. The number of rotatable bonds is 3. The van der Waals surface area contributed by atoms with Gasteiger partial charge in [-0.25, -0.2) is 0 Å². The first kappa shape index (κ1) is 13.5. The van der Waals surface area contributed by atoms with Gasteiger partial charge in [-0.15, -0.1) is 0 Å². The molecule has 2 rings (SSSR count). The van der Waals surface area contributed by atoms with E-state index in [2.05, 4.69) is 29.8 Å². The molecule has 1 aromatic rings. The van der Waals surface area contributed by atoms with Crippen molar-refractivity contribution < 1.29 is 5.11 Å². The second-order valence-electron chi connectivity index (χ2n) is 5.80. The van der Waals surface area contributed by atoms with Crippen LogP contribution >= 0.6 is 0 Å². The van der Waals surface area contributed by atoms with E-state index >= 15 is 0 Å². The number of aromatic nitrogens is 1. The van der Waals surface area contributed by atoms with Crippen molar-refractivity contribution in [3.05, 3.63) is 30.1 Å². The van der Waals surface area contributed by atoms with Gasteiger partial charge in [0.15, 0.2) is 0 Å². The van der Waals surface area contributed by atoms with Crippen molar-refractivity contribution in [3.63, 3.8) is 0 Å². The zero-order chi connectivity index (χ0) is 13.2. The molecule has 100 valence electrons. The molecule has 0 spiro atoms. The lowest BCUT2D eigenvalue weighted by molar-refractivity contribution is -0.0376. The van der Waals surface area contributed by atoms with Gasteiger partial charge in [0.1, 0.15) is 0 Å². The second-order valence-corrected chi connectivity index (χ2v) is 5.80. The van der Waals surface area contributed by atoms with Crippen LogP contribution in [-0.2, 0) is 0 Å². The predicted molar refractivity (Wildman–Crippen MR) is 72.0 cm³/mol. The lowest BCUT2D eigenvalue weighted by Gasteiger charge is -2.45. The van der Waals surface area contributed by atoms with Crippen LogP contribution in [0.5, 0.6) is 0 Å². The number of piperidine rings is 1. The van der Waals surface area contributed by atoms with Crippen molar-refractivity contribution in [1.82, 2.24) is 9.88 Å². The fraction of sp³-hybridized carbons (Fsp3) is 0.643. The summed E-state index contributed by atoms with van der Waals surface area (Å²) in [5.41, 5.74) is 7.01. The van der Waals surface area contributed by atoms with Crippen molar-refractivity contribution in [1.29, 1.82) is 0 Å². The standard InChI is InChI=1S/C14H23N3O/c1-14(2)10-17(7-5-13(14)18)12(8-15)11-4-3-6-16-9-11/h3-4,6,9,12-13,18H,5,7-8,10,15H2,1-2H3. The topological polar surface area (TPSA) is 62.4 Å². The van der Waals surface area contributed by atoms with Gasteiger partial charge in [-0.2, -0.15) is 0 Å². The first-order chi connectivity index (χ1) is 8.54. The lowest BCUT2D eigenvalue weighted by Crippen LogP contribution is -2.50. The Labute approximate surface area is 109 Å². The summed E-state index contributed by atoms with van der Waals surface area (Å²) in [4.78, 5) is 6.53. The van der Waals surface area contributed by atoms with E-state index in [9.17, 15) is 5.11 Å². The number of hydrogen-bond donors (Lipinski definition) is 2. The van der Waals surface area contributed by atoms with Crippen molar-refractivity contribution in [2.45, 2.75) is 32.4 Å². The number of aliphatic hydroxyl groups excluding tert-OH is 1. The number of aliphatic hydroxyl groups is 1. The molecule has 4 heteroatoms. The van der Waals surface area contributed by atoms with Crippen LogP contribution in [0.15, 0.2) is 24.5 Å². The Balaban J connectivity index is 2.15. The van der Waals surface area contributed by atoms with Crippen LogP contribution in [0, 0.1) is 5.41 Å². The van der Waals surface area contributed by atoms with Gasteiger partial charge in [0.25, 0.3) is 0 Å². The molecule has 1 aliphatic heterocycles. The van der Waals surface area contributed by atoms with Gasteiger partial charge < -0.3 is 10.8 Å². The quantitative estimate of drug-likeness (QED) is 0.844. The summed E-state index contributed by atoms with van der Waals surface area (Å²) < 4.78 is 0. The zero-order valence-electron chi connectivity index (χ0n) is 11.2. The fourth-order valence-corrected chi connectivity index (χ4v) is 2.72. The number of pyridine rings is 1. The SMILES string of the molecule is CC1(C)CN(C(CN)c2cccnc2)CCC1O. The molecule has 2 atom stereocenters. The number of nitrogens with two attached hydrogens (primary N) is 1. The van der Waals surface area contributed by atoms with Gasteiger partial charge in [-0.05, 0) is 18.1 Å². The van der Waals surface area contributed by atoms with E-state index in [-0.39, 0.29) is 17.6 Å². The second kappa shape index (κ2) is 5.34. The molecular weight excluding hydrogens is 226 g/mol. The summed E-state index contributed by atoms with van der Waals surface area (Å²) in [7, 11) is 0. The smallest absolute Gasteiger partial charge is 0.0615 e. The molecule has 3 N–H and O–H groups in total. The van der Waals surface area contributed by atoms with Crippen LogP contribution in [0.3, 0.4) is 0 Å². The minimum Gasteiger partial charge on any atom is -0.392 e. The highest BCUT2D eigenvalue weighted by Gasteiger charge is 2.37. The molecular formula is C14H23N3O. The van der Waals surface area contributed by atoms with Gasteiger partial charge >= 0.3 is 0 Å². The maximum Gasteiger partial charge on any atom is 0.0615 e. The van der Waals surface area contributed by atoms with Gasteiger partial charge in [-0.3, -0.25) is 9.88 Å². The van der Waals surface area contributed by atoms with Crippen molar-refractivity contribution in [2.24, 2.45) is 11.1 Å². The fourth-order valence-electron chi connectivity index (χ4n) is 2.72. The van der Waals surface area contributed by atoms with E-state index in [1.165, 1.54) is 0 Å². The average molecular weight is 249 g/mol. The Morgan fingerprint density at radius 1 is 1.61 bits per heavy atom. The van der Waals surface area contributed by atoms with E-state index < -0.39 is 0 Å². The molecule has 0 aromatic carbocycles. The molecule has 2 heterocycles. The molecule has 0 aliphatic carbocycles.